The number of amides is 2. The Bertz CT molecular complexity index is 732. The molecular formula is C20H23FN2O2. The third-order valence-electron chi connectivity index (χ3n) is 4.03. The first-order chi connectivity index (χ1) is 12.0. The zero-order chi connectivity index (χ0) is 18.2. The van der Waals surface area contributed by atoms with Crippen molar-refractivity contribution < 1.29 is 14.0 Å². The summed E-state index contributed by atoms with van der Waals surface area (Å²) in [5.74, 6) is -0.694. The highest BCUT2D eigenvalue weighted by Crippen LogP contribution is 2.17. The molecule has 0 saturated carbocycles. The smallest absolute Gasteiger partial charge is 0.251 e. The lowest BCUT2D eigenvalue weighted by molar-refractivity contribution is -0.121. The molecule has 0 aliphatic carbocycles. The minimum absolute atomic E-state index is 0.0630. The second-order valence-electron chi connectivity index (χ2n) is 6.09. The molecule has 25 heavy (non-hydrogen) atoms. The van der Waals surface area contributed by atoms with Crippen LogP contribution < -0.4 is 10.6 Å². The fourth-order valence-electron chi connectivity index (χ4n) is 2.46. The van der Waals surface area contributed by atoms with Crippen molar-refractivity contribution in [3.63, 3.8) is 0 Å². The van der Waals surface area contributed by atoms with Gasteiger partial charge in [0.1, 0.15) is 5.82 Å². The Balaban J connectivity index is 1.70. The zero-order valence-corrected chi connectivity index (χ0v) is 14.5. The van der Waals surface area contributed by atoms with Gasteiger partial charge in [-0.05, 0) is 36.1 Å². The number of nitrogens with one attached hydrogen (secondary N) is 2. The second kappa shape index (κ2) is 8.97. The number of aryl methyl sites for hydroxylation is 1. The Morgan fingerprint density at radius 3 is 2.40 bits per heavy atom. The second-order valence-corrected chi connectivity index (χ2v) is 6.09. The van der Waals surface area contributed by atoms with Crippen molar-refractivity contribution in [3.8, 4) is 0 Å². The van der Waals surface area contributed by atoms with Gasteiger partial charge in [0, 0.05) is 25.1 Å². The van der Waals surface area contributed by atoms with Gasteiger partial charge in [0.2, 0.25) is 5.91 Å². The van der Waals surface area contributed by atoms with Crippen molar-refractivity contribution >= 4 is 11.8 Å². The van der Waals surface area contributed by atoms with E-state index in [1.54, 1.807) is 19.1 Å². The Labute approximate surface area is 147 Å². The molecule has 0 spiro atoms. The fraction of sp³-hybridized carbons (Fsp3) is 0.300. The topological polar surface area (TPSA) is 58.2 Å². The average molecular weight is 342 g/mol. The SMILES string of the molecule is Cc1ccc(C(=O)NCCNC(=O)CC(C)c2ccccc2)cc1F. The summed E-state index contributed by atoms with van der Waals surface area (Å²) in [5, 5.41) is 5.45. The molecule has 0 aromatic heterocycles. The standard InChI is InChI=1S/C20H23FN2O2/c1-14-8-9-17(13-18(14)21)20(25)23-11-10-22-19(24)12-15(2)16-6-4-3-5-7-16/h3-9,13,15H,10-12H2,1-2H3,(H,22,24)(H,23,25). The fourth-order valence-corrected chi connectivity index (χ4v) is 2.46. The van der Waals surface area contributed by atoms with Gasteiger partial charge in [-0.25, -0.2) is 4.39 Å². The average Bonchev–Trinajstić information content (AvgIpc) is 2.61. The van der Waals surface area contributed by atoms with Crippen molar-refractivity contribution in [2.24, 2.45) is 0 Å². The first kappa shape index (κ1) is 18.6. The highest BCUT2D eigenvalue weighted by Gasteiger charge is 2.11. The first-order valence-corrected chi connectivity index (χ1v) is 8.33. The predicted octanol–water partition coefficient (Wildman–Crippen LogP) is 3.17. The number of rotatable bonds is 7. The minimum Gasteiger partial charge on any atom is -0.354 e. The molecule has 4 nitrogen and oxygen atoms in total. The van der Waals surface area contributed by atoms with Crippen LogP contribution >= 0.6 is 0 Å². The van der Waals surface area contributed by atoms with Crippen LogP contribution in [0.25, 0.3) is 0 Å². The summed E-state index contributed by atoms with van der Waals surface area (Å²) in [6.45, 7) is 4.27. The molecule has 2 aromatic rings. The molecule has 1 unspecified atom stereocenters. The number of halogens is 1. The van der Waals surface area contributed by atoms with Gasteiger partial charge in [0.15, 0.2) is 0 Å². The highest BCUT2D eigenvalue weighted by molar-refractivity contribution is 5.94. The maximum absolute atomic E-state index is 13.5. The van der Waals surface area contributed by atoms with Crippen LogP contribution in [0.1, 0.15) is 40.7 Å². The zero-order valence-electron chi connectivity index (χ0n) is 14.5. The normalized spacial score (nSPS) is 11.6. The Kier molecular flexibility index (Phi) is 6.69. The van der Waals surface area contributed by atoms with Crippen LogP contribution in [-0.2, 0) is 4.79 Å². The van der Waals surface area contributed by atoms with Crippen molar-refractivity contribution in [2.75, 3.05) is 13.1 Å². The molecule has 2 aromatic carbocycles. The highest BCUT2D eigenvalue weighted by atomic mass is 19.1. The molecule has 0 aliphatic rings. The number of benzene rings is 2. The van der Waals surface area contributed by atoms with E-state index in [0.29, 0.717) is 25.1 Å². The molecule has 0 heterocycles. The molecule has 0 fully saturated rings. The number of hydrogen-bond acceptors (Lipinski definition) is 2. The quantitative estimate of drug-likeness (QED) is 0.759. The molecule has 0 saturated heterocycles. The van der Waals surface area contributed by atoms with Gasteiger partial charge in [0.05, 0.1) is 0 Å². The monoisotopic (exact) mass is 342 g/mol. The van der Waals surface area contributed by atoms with Gasteiger partial charge in [-0.3, -0.25) is 9.59 Å². The van der Waals surface area contributed by atoms with E-state index in [0.717, 1.165) is 5.56 Å². The third kappa shape index (κ3) is 5.71. The van der Waals surface area contributed by atoms with E-state index < -0.39 is 5.82 Å². The van der Waals surface area contributed by atoms with Crippen molar-refractivity contribution in [1.82, 2.24) is 10.6 Å². The van der Waals surface area contributed by atoms with Crippen LogP contribution in [0.15, 0.2) is 48.5 Å². The molecule has 0 bridgehead atoms. The molecule has 0 aliphatic heterocycles. The molecule has 0 radical (unpaired) electrons. The third-order valence-corrected chi connectivity index (χ3v) is 4.03. The van der Waals surface area contributed by atoms with Gasteiger partial charge in [-0.2, -0.15) is 0 Å². The van der Waals surface area contributed by atoms with Crippen molar-refractivity contribution in [2.45, 2.75) is 26.2 Å². The molecule has 1 atom stereocenters. The van der Waals surface area contributed by atoms with Gasteiger partial charge in [-0.1, -0.05) is 43.3 Å². The Hall–Kier alpha value is -2.69. The Morgan fingerprint density at radius 2 is 1.72 bits per heavy atom. The van der Waals surface area contributed by atoms with Crippen molar-refractivity contribution in [1.29, 1.82) is 0 Å². The number of carbonyl (C=O) groups is 2. The van der Waals surface area contributed by atoms with E-state index in [1.807, 2.05) is 37.3 Å². The van der Waals surface area contributed by atoms with Crippen LogP contribution in [0, 0.1) is 12.7 Å². The molecule has 2 N–H and O–H groups in total. The van der Waals surface area contributed by atoms with Gasteiger partial charge in [-0.15, -0.1) is 0 Å². The lowest BCUT2D eigenvalue weighted by Gasteiger charge is -2.12. The van der Waals surface area contributed by atoms with E-state index in [1.165, 1.54) is 6.07 Å². The predicted molar refractivity (Wildman–Crippen MR) is 96.0 cm³/mol. The van der Waals surface area contributed by atoms with E-state index >= 15 is 0 Å². The van der Waals surface area contributed by atoms with Gasteiger partial charge in [0.25, 0.3) is 5.91 Å². The maximum atomic E-state index is 13.5. The molecule has 2 rings (SSSR count). The molecule has 132 valence electrons. The lowest BCUT2D eigenvalue weighted by atomic mass is 9.98. The van der Waals surface area contributed by atoms with Gasteiger partial charge >= 0.3 is 0 Å². The van der Waals surface area contributed by atoms with E-state index in [9.17, 15) is 14.0 Å². The summed E-state index contributed by atoms with van der Waals surface area (Å²) in [6.07, 6.45) is 0.390. The first-order valence-electron chi connectivity index (χ1n) is 8.33. The van der Waals surface area contributed by atoms with E-state index in [2.05, 4.69) is 10.6 Å². The van der Waals surface area contributed by atoms with Crippen LogP contribution in [0.4, 0.5) is 4.39 Å². The van der Waals surface area contributed by atoms with Gasteiger partial charge < -0.3 is 10.6 Å². The van der Waals surface area contributed by atoms with E-state index in [4.69, 9.17) is 0 Å². The van der Waals surface area contributed by atoms with Crippen molar-refractivity contribution in [3.05, 3.63) is 71.0 Å². The largest absolute Gasteiger partial charge is 0.354 e. The summed E-state index contributed by atoms with van der Waals surface area (Å²) in [7, 11) is 0. The number of carbonyl (C=O) groups excluding carboxylic acids is 2. The van der Waals surface area contributed by atoms with Crippen LogP contribution in [0.5, 0.6) is 0 Å². The summed E-state index contributed by atoms with van der Waals surface area (Å²) >= 11 is 0. The van der Waals surface area contributed by atoms with Crippen LogP contribution in [0.2, 0.25) is 0 Å². The lowest BCUT2D eigenvalue weighted by Crippen LogP contribution is -2.35. The van der Waals surface area contributed by atoms with Crippen LogP contribution in [0.3, 0.4) is 0 Å². The molecule has 5 heteroatoms. The summed E-state index contributed by atoms with van der Waals surface area (Å²) in [6, 6.07) is 14.2. The van der Waals surface area contributed by atoms with Crippen LogP contribution in [-0.4, -0.2) is 24.9 Å². The Morgan fingerprint density at radius 1 is 1.04 bits per heavy atom. The molecular weight excluding hydrogens is 319 g/mol. The maximum Gasteiger partial charge on any atom is 0.251 e. The summed E-state index contributed by atoms with van der Waals surface area (Å²) < 4.78 is 13.5. The summed E-state index contributed by atoms with van der Waals surface area (Å²) in [5.41, 5.74) is 1.89. The molecule has 2 amide bonds. The summed E-state index contributed by atoms with van der Waals surface area (Å²) in [4.78, 5) is 23.9. The minimum atomic E-state index is -0.407. The number of hydrogen-bond donors (Lipinski definition) is 2. The van der Waals surface area contributed by atoms with E-state index in [-0.39, 0.29) is 23.3 Å².